The van der Waals surface area contributed by atoms with Crippen LogP contribution in [0.1, 0.15) is 36.5 Å². The molecule has 34 heavy (non-hydrogen) atoms. The molecular formula is C25H22F3N3O3. The highest BCUT2D eigenvalue weighted by atomic mass is 19.4. The lowest BCUT2D eigenvalue weighted by molar-refractivity contribution is -0.141. The summed E-state index contributed by atoms with van der Waals surface area (Å²) in [6.45, 7) is 2.76. The van der Waals surface area contributed by atoms with Gasteiger partial charge in [0.1, 0.15) is 5.92 Å². The number of benzene rings is 2. The molecule has 9 heteroatoms. The number of rotatable bonds is 4. The van der Waals surface area contributed by atoms with Gasteiger partial charge in [0, 0.05) is 37.0 Å². The van der Waals surface area contributed by atoms with Crippen LogP contribution in [-0.2, 0) is 20.6 Å². The molecule has 2 amide bonds. The monoisotopic (exact) mass is 469 g/mol. The predicted molar refractivity (Wildman–Crippen MR) is 118 cm³/mol. The highest BCUT2D eigenvalue weighted by molar-refractivity contribution is 6.15. The Morgan fingerprint density at radius 2 is 1.71 bits per heavy atom. The molecule has 1 aliphatic heterocycles. The summed E-state index contributed by atoms with van der Waals surface area (Å²) < 4.78 is 40.0. The van der Waals surface area contributed by atoms with Crippen molar-refractivity contribution in [3.05, 3.63) is 76.5 Å². The van der Waals surface area contributed by atoms with E-state index >= 15 is 0 Å². The Morgan fingerprint density at radius 1 is 1.09 bits per heavy atom. The Labute approximate surface area is 194 Å². The van der Waals surface area contributed by atoms with Gasteiger partial charge in [0.2, 0.25) is 11.8 Å². The summed E-state index contributed by atoms with van der Waals surface area (Å²) in [6.07, 6.45) is -4.64. The van der Waals surface area contributed by atoms with E-state index in [1.807, 2.05) is 6.07 Å². The number of ketones is 1. The van der Waals surface area contributed by atoms with E-state index in [1.165, 1.54) is 57.1 Å². The van der Waals surface area contributed by atoms with Gasteiger partial charge in [0.05, 0.1) is 17.2 Å². The number of alkyl halides is 3. The third kappa shape index (κ3) is 4.44. The van der Waals surface area contributed by atoms with Crippen LogP contribution in [-0.4, -0.2) is 36.6 Å². The van der Waals surface area contributed by atoms with Crippen molar-refractivity contribution < 1.29 is 27.6 Å². The highest BCUT2D eigenvalue weighted by Crippen LogP contribution is 2.44. The number of carbonyl (C=O) groups excluding carboxylic acids is 3. The first kappa shape index (κ1) is 24.7. The van der Waals surface area contributed by atoms with Gasteiger partial charge in [-0.3, -0.25) is 19.3 Å². The Bertz CT molecular complexity index is 1220. The van der Waals surface area contributed by atoms with E-state index < -0.39 is 41.2 Å². The van der Waals surface area contributed by atoms with Gasteiger partial charge in [-0.1, -0.05) is 18.2 Å². The average Bonchev–Trinajstić information content (AvgIpc) is 2.77. The predicted octanol–water partition coefficient (Wildman–Crippen LogP) is 4.27. The molecule has 176 valence electrons. The van der Waals surface area contributed by atoms with Crippen LogP contribution in [0.3, 0.4) is 0 Å². The number of allylic oxidation sites excluding steroid dienone is 2. The maximum atomic E-state index is 13.7. The first-order chi connectivity index (χ1) is 15.9. The largest absolute Gasteiger partial charge is 0.416 e. The smallest absolute Gasteiger partial charge is 0.348 e. The van der Waals surface area contributed by atoms with Gasteiger partial charge in [0.15, 0.2) is 5.78 Å². The van der Waals surface area contributed by atoms with Gasteiger partial charge in [-0.25, -0.2) is 0 Å². The molecular weight excluding hydrogens is 447 g/mol. The Morgan fingerprint density at radius 3 is 2.21 bits per heavy atom. The molecule has 0 radical (unpaired) electrons. The molecule has 2 aromatic rings. The van der Waals surface area contributed by atoms with Crippen molar-refractivity contribution >= 4 is 23.3 Å². The van der Waals surface area contributed by atoms with Crippen LogP contribution in [0.5, 0.6) is 0 Å². The standard InChI is InChI=1S/C25H22F3N3O3/c1-14-20(15(2)32)21(17-10-8-16(13-29)9-11-17)22(23(33)30(3)4)24(34)31(14)19-7-5-6-18(12-19)25(26,27)28/h5-12,21-22H,1-4H3. The Balaban J connectivity index is 2.30. The van der Waals surface area contributed by atoms with Crippen molar-refractivity contribution in [1.29, 1.82) is 5.26 Å². The second-order valence-corrected chi connectivity index (χ2v) is 8.20. The Hall–Kier alpha value is -3.93. The van der Waals surface area contributed by atoms with E-state index in [4.69, 9.17) is 5.26 Å². The van der Waals surface area contributed by atoms with E-state index in [1.54, 1.807) is 12.1 Å². The summed E-state index contributed by atoms with van der Waals surface area (Å²) in [6, 6.07) is 12.4. The number of hydrogen-bond acceptors (Lipinski definition) is 4. The van der Waals surface area contributed by atoms with Crippen molar-refractivity contribution in [2.75, 3.05) is 19.0 Å². The molecule has 1 aliphatic rings. The van der Waals surface area contributed by atoms with Gasteiger partial charge < -0.3 is 4.90 Å². The molecule has 2 unspecified atom stereocenters. The lowest BCUT2D eigenvalue weighted by atomic mass is 9.74. The van der Waals surface area contributed by atoms with Gasteiger partial charge >= 0.3 is 6.18 Å². The van der Waals surface area contributed by atoms with E-state index in [2.05, 4.69) is 0 Å². The van der Waals surface area contributed by atoms with Crippen LogP contribution in [0.4, 0.5) is 18.9 Å². The lowest BCUT2D eigenvalue weighted by Gasteiger charge is -2.40. The minimum absolute atomic E-state index is 0.0918. The summed E-state index contributed by atoms with van der Waals surface area (Å²) in [5, 5.41) is 9.10. The van der Waals surface area contributed by atoms with Gasteiger partial charge in [-0.15, -0.1) is 0 Å². The van der Waals surface area contributed by atoms with Crippen LogP contribution in [0.2, 0.25) is 0 Å². The van der Waals surface area contributed by atoms with Crippen LogP contribution < -0.4 is 4.90 Å². The number of Topliss-reactive ketones (excluding diaryl/α,β-unsaturated/α-hetero) is 1. The lowest BCUT2D eigenvalue weighted by Crippen LogP contribution is -2.50. The molecule has 1 heterocycles. The fraction of sp³-hybridized carbons (Fsp3) is 0.280. The summed E-state index contributed by atoms with van der Waals surface area (Å²) >= 11 is 0. The average molecular weight is 469 g/mol. The maximum Gasteiger partial charge on any atom is 0.416 e. The number of carbonyl (C=O) groups is 3. The number of amides is 2. The number of halogens is 3. The summed E-state index contributed by atoms with van der Waals surface area (Å²) in [4.78, 5) is 42.0. The molecule has 0 N–H and O–H groups in total. The second-order valence-electron chi connectivity index (χ2n) is 8.20. The molecule has 0 spiro atoms. The van der Waals surface area contributed by atoms with Gasteiger partial charge in [0.25, 0.3) is 0 Å². The topological polar surface area (TPSA) is 81.5 Å². The van der Waals surface area contributed by atoms with Crippen molar-refractivity contribution in [1.82, 2.24) is 4.90 Å². The summed E-state index contributed by atoms with van der Waals surface area (Å²) in [5.41, 5.74) is 0.0688. The third-order valence-electron chi connectivity index (χ3n) is 5.77. The van der Waals surface area contributed by atoms with Crippen molar-refractivity contribution in [3.63, 3.8) is 0 Å². The summed E-state index contributed by atoms with van der Waals surface area (Å²) in [5.74, 6) is -4.11. The summed E-state index contributed by atoms with van der Waals surface area (Å²) in [7, 11) is 2.91. The van der Waals surface area contributed by atoms with E-state index in [9.17, 15) is 27.6 Å². The third-order valence-corrected chi connectivity index (χ3v) is 5.77. The van der Waals surface area contributed by atoms with Crippen LogP contribution in [0.15, 0.2) is 59.8 Å². The molecule has 6 nitrogen and oxygen atoms in total. The van der Waals surface area contributed by atoms with Gasteiger partial charge in [-0.05, 0) is 49.7 Å². The SMILES string of the molecule is CC(=O)C1=C(C)N(c2cccc(C(F)(F)F)c2)C(=O)C(C(=O)N(C)C)C1c1ccc(C#N)cc1. The van der Waals surface area contributed by atoms with Crippen LogP contribution in [0, 0.1) is 17.2 Å². The fourth-order valence-electron chi connectivity index (χ4n) is 4.23. The fourth-order valence-corrected chi connectivity index (χ4v) is 4.23. The second kappa shape index (κ2) is 9.14. The molecule has 3 rings (SSSR count). The van der Waals surface area contributed by atoms with Crippen molar-refractivity contribution in [2.24, 2.45) is 5.92 Å². The molecule has 0 bridgehead atoms. The zero-order valence-corrected chi connectivity index (χ0v) is 19.0. The number of hydrogen-bond donors (Lipinski definition) is 0. The first-order valence-corrected chi connectivity index (χ1v) is 10.3. The molecule has 0 saturated heterocycles. The molecule has 0 aliphatic carbocycles. The van der Waals surface area contributed by atoms with Crippen molar-refractivity contribution in [3.8, 4) is 6.07 Å². The zero-order valence-electron chi connectivity index (χ0n) is 19.0. The van der Waals surface area contributed by atoms with Crippen molar-refractivity contribution in [2.45, 2.75) is 25.9 Å². The molecule has 0 aromatic heterocycles. The normalized spacial score (nSPS) is 18.5. The van der Waals surface area contributed by atoms with E-state index in [0.717, 1.165) is 17.0 Å². The van der Waals surface area contributed by atoms with Gasteiger partial charge in [-0.2, -0.15) is 18.4 Å². The minimum Gasteiger partial charge on any atom is -0.348 e. The number of anilines is 1. The van der Waals surface area contributed by atoms with Crippen LogP contribution in [0.25, 0.3) is 0 Å². The molecule has 0 fully saturated rings. The highest BCUT2D eigenvalue weighted by Gasteiger charge is 2.48. The zero-order chi connectivity index (χ0) is 25.4. The molecule has 0 saturated carbocycles. The molecule has 2 aromatic carbocycles. The molecule has 2 atom stereocenters. The first-order valence-electron chi connectivity index (χ1n) is 10.3. The number of nitriles is 1. The quantitative estimate of drug-likeness (QED) is 0.626. The Kier molecular flexibility index (Phi) is 6.64. The number of nitrogens with zero attached hydrogens (tertiary/aromatic N) is 3. The van der Waals surface area contributed by atoms with E-state index in [-0.39, 0.29) is 17.0 Å². The minimum atomic E-state index is -4.64. The van der Waals surface area contributed by atoms with Crippen LogP contribution >= 0.6 is 0 Å². The van der Waals surface area contributed by atoms with E-state index in [0.29, 0.717) is 11.1 Å². The maximum absolute atomic E-state index is 13.7.